The highest BCUT2D eigenvalue weighted by Crippen LogP contribution is 2.17. The highest BCUT2D eigenvalue weighted by molar-refractivity contribution is 14.0. The van der Waals surface area contributed by atoms with Crippen molar-refractivity contribution in [1.82, 2.24) is 15.1 Å². The SMILES string of the molecule is CCNC(=NCc1cccc(OCC(=O)N(C)C)c1)N(C)Cc1ccc(OC(F)F)cc1.I. The molecular formula is C23H31F2IN4O3. The minimum atomic E-state index is -2.84. The number of carbonyl (C=O) groups is 1. The van der Waals surface area contributed by atoms with E-state index in [1.165, 1.54) is 17.0 Å². The zero-order valence-corrected chi connectivity index (χ0v) is 21.6. The highest BCUT2D eigenvalue weighted by Gasteiger charge is 2.09. The molecule has 0 aliphatic heterocycles. The number of nitrogens with one attached hydrogen (secondary N) is 1. The van der Waals surface area contributed by atoms with Crippen molar-refractivity contribution < 1.29 is 23.0 Å². The van der Waals surface area contributed by atoms with E-state index in [-0.39, 0.29) is 42.2 Å². The van der Waals surface area contributed by atoms with Crippen LogP contribution < -0.4 is 14.8 Å². The molecule has 7 nitrogen and oxygen atoms in total. The summed E-state index contributed by atoms with van der Waals surface area (Å²) in [6.07, 6.45) is 0. The Labute approximate surface area is 210 Å². The van der Waals surface area contributed by atoms with Gasteiger partial charge in [0.1, 0.15) is 11.5 Å². The van der Waals surface area contributed by atoms with E-state index in [0.717, 1.165) is 11.1 Å². The lowest BCUT2D eigenvalue weighted by molar-refractivity contribution is -0.130. The predicted molar refractivity (Wildman–Crippen MR) is 135 cm³/mol. The predicted octanol–water partition coefficient (Wildman–Crippen LogP) is 3.97. The fourth-order valence-corrected chi connectivity index (χ4v) is 2.77. The summed E-state index contributed by atoms with van der Waals surface area (Å²) >= 11 is 0. The Kier molecular flexibility index (Phi) is 12.5. The van der Waals surface area contributed by atoms with Crippen LogP contribution in [-0.2, 0) is 17.9 Å². The Balaban J connectivity index is 0.00000544. The van der Waals surface area contributed by atoms with E-state index in [4.69, 9.17) is 4.74 Å². The molecule has 0 fully saturated rings. The molecule has 1 amide bonds. The van der Waals surface area contributed by atoms with Crippen molar-refractivity contribution in [3.05, 3.63) is 59.7 Å². The fraction of sp³-hybridized carbons (Fsp3) is 0.391. The number of amides is 1. The van der Waals surface area contributed by atoms with Crippen molar-refractivity contribution in [2.75, 3.05) is 34.3 Å². The Bertz CT molecular complexity index is 896. The van der Waals surface area contributed by atoms with Gasteiger partial charge in [-0.2, -0.15) is 8.78 Å². The third-order valence-electron chi connectivity index (χ3n) is 4.44. The Hall–Kier alpha value is -2.63. The Morgan fingerprint density at radius 2 is 1.76 bits per heavy atom. The number of nitrogens with zero attached hydrogens (tertiary/aromatic N) is 3. The van der Waals surface area contributed by atoms with Gasteiger partial charge in [0.25, 0.3) is 5.91 Å². The molecule has 0 saturated carbocycles. The molecule has 0 bridgehead atoms. The second-order valence-electron chi connectivity index (χ2n) is 7.27. The van der Waals surface area contributed by atoms with E-state index in [9.17, 15) is 13.6 Å². The zero-order chi connectivity index (χ0) is 23.5. The number of aliphatic imine (C=N–C) groups is 1. The van der Waals surface area contributed by atoms with E-state index in [1.807, 2.05) is 37.1 Å². The van der Waals surface area contributed by atoms with Crippen LogP contribution in [0.3, 0.4) is 0 Å². The minimum absolute atomic E-state index is 0. The van der Waals surface area contributed by atoms with Crippen LogP contribution in [0.5, 0.6) is 11.5 Å². The van der Waals surface area contributed by atoms with Crippen LogP contribution in [0.4, 0.5) is 8.78 Å². The number of likely N-dealkylation sites (N-methyl/N-ethyl adjacent to an activating group) is 1. The van der Waals surface area contributed by atoms with Crippen LogP contribution in [-0.4, -0.2) is 62.6 Å². The minimum Gasteiger partial charge on any atom is -0.484 e. The summed E-state index contributed by atoms with van der Waals surface area (Å²) in [5.74, 6) is 1.33. The third-order valence-corrected chi connectivity index (χ3v) is 4.44. The van der Waals surface area contributed by atoms with Crippen molar-refractivity contribution in [1.29, 1.82) is 0 Å². The van der Waals surface area contributed by atoms with Crippen LogP contribution in [0, 0.1) is 0 Å². The molecule has 0 aliphatic carbocycles. The third kappa shape index (κ3) is 10.2. The van der Waals surface area contributed by atoms with Gasteiger partial charge in [-0.25, -0.2) is 4.99 Å². The molecule has 0 aromatic heterocycles. The van der Waals surface area contributed by atoms with Crippen molar-refractivity contribution in [3.63, 3.8) is 0 Å². The highest BCUT2D eigenvalue weighted by atomic mass is 127. The molecule has 1 N–H and O–H groups in total. The second kappa shape index (κ2) is 14.5. The molecule has 0 atom stereocenters. The van der Waals surface area contributed by atoms with Gasteiger partial charge in [-0.3, -0.25) is 4.79 Å². The number of hydrogen-bond donors (Lipinski definition) is 1. The molecule has 0 heterocycles. The van der Waals surface area contributed by atoms with Gasteiger partial charge in [-0.15, -0.1) is 24.0 Å². The van der Waals surface area contributed by atoms with E-state index < -0.39 is 6.61 Å². The molecule has 182 valence electrons. The summed E-state index contributed by atoms with van der Waals surface area (Å²) < 4.78 is 34.6. The number of guanidine groups is 1. The number of benzene rings is 2. The summed E-state index contributed by atoms with van der Waals surface area (Å²) in [4.78, 5) is 19.8. The Morgan fingerprint density at radius 3 is 2.36 bits per heavy atom. The summed E-state index contributed by atoms with van der Waals surface area (Å²) in [5.41, 5.74) is 1.87. The molecule has 2 rings (SSSR count). The van der Waals surface area contributed by atoms with E-state index in [2.05, 4.69) is 15.0 Å². The Morgan fingerprint density at radius 1 is 1.06 bits per heavy atom. The second-order valence-corrected chi connectivity index (χ2v) is 7.27. The molecular weight excluding hydrogens is 545 g/mol. The van der Waals surface area contributed by atoms with Crippen LogP contribution in [0.1, 0.15) is 18.1 Å². The summed E-state index contributed by atoms with van der Waals surface area (Å²) in [7, 11) is 5.26. The molecule has 0 unspecified atom stereocenters. The first-order valence-electron chi connectivity index (χ1n) is 10.2. The first-order valence-corrected chi connectivity index (χ1v) is 10.2. The van der Waals surface area contributed by atoms with Crippen LogP contribution >= 0.6 is 24.0 Å². The van der Waals surface area contributed by atoms with Gasteiger partial charge in [0.05, 0.1) is 6.54 Å². The maximum atomic E-state index is 12.3. The molecule has 0 radical (unpaired) electrons. The van der Waals surface area contributed by atoms with Gasteiger partial charge in [-0.05, 0) is 42.3 Å². The molecule has 0 saturated heterocycles. The van der Waals surface area contributed by atoms with E-state index >= 15 is 0 Å². The average molecular weight is 576 g/mol. The number of ether oxygens (including phenoxy) is 2. The standard InChI is InChI=1S/C23H30F2N4O3.HI/c1-5-26-23(29(4)15-17-9-11-19(12-10-17)32-22(24)25)27-14-18-7-6-8-20(13-18)31-16-21(30)28(2)3;/h6-13,22H,5,14-16H2,1-4H3,(H,26,27);1H. The summed E-state index contributed by atoms with van der Waals surface area (Å²) in [5, 5.41) is 3.25. The monoisotopic (exact) mass is 576 g/mol. The molecule has 0 spiro atoms. The van der Waals surface area contributed by atoms with Crippen molar-refractivity contribution in [2.24, 2.45) is 4.99 Å². The van der Waals surface area contributed by atoms with Crippen molar-refractivity contribution in [3.8, 4) is 11.5 Å². The lowest BCUT2D eigenvalue weighted by Gasteiger charge is -2.22. The number of rotatable bonds is 10. The van der Waals surface area contributed by atoms with Crippen molar-refractivity contribution >= 4 is 35.8 Å². The fourth-order valence-electron chi connectivity index (χ4n) is 2.77. The van der Waals surface area contributed by atoms with Crippen LogP contribution in [0.2, 0.25) is 0 Å². The van der Waals surface area contributed by atoms with Gasteiger partial charge in [0, 0.05) is 34.2 Å². The van der Waals surface area contributed by atoms with Gasteiger partial charge >= 0.3 is 6.61 Å². The zero-order valence-electron chi connectivity index (χ0n) is 19.3. The molecule has 0 aliphatic rings. The summed E-state index contributed by atoms with van der Waals surface area (Å²) in [6, 6.07) is 14.0. The largest absolute Gasteiger partial charge is 0.484 e. The van der Waals surface area contributed by atoms with Gasteiger partial charge < -0.3 is 24.6 Å². The molecule has 2 aromatic carbocycles. The maximum Gasteiger partial charge on any atom is 0.387 e. The normalized spacial score (nSPS) is 10.9. The topological polar surface area (TPSA) is 66.4 Å². The maximum absolute atomic E-state index is 12.3. The van der Waals surface area contributed by atoms with Crippen molar-refractivity contribution in [2.45, 2.75) is 26.6 Å². The molecule has 10 heteroatoms. The number of halogens is 3. The molecule has 33 heavy (non-hydrogen) atoms. The van der Waals surface area contributed by atoms with E-state index in [1.54, 1.807) is 32.3 Å². The molecule has 2 aromatic rings. The first kappa shape index (κ1) is 28.4. The van der Waals surface area contributed by atoms with Gasteiger partial charge in [-0.1, -0.05) is 24.3 Å². The van der Waals surface area contributed by atoms with E-state index in [0.29, 0.717) is 31.3 Å². The summed E-state index contributed by atoms with van der Waals surface area (Å²) in [6.45, 7) is 0.777. The smallest absolute Gasteiger partial charge is 0.387 e. The number of alkyl halides is 2. The average Bonchev–Trinajstić information content (AvgIpc) is 2.76. The number of carbonyl (C=O) groups excluding carboxylic acids is 1. The van der Waals surface area contributed by atoms with Crippen LogP contribution in [0.25, 0.3) is 0 Å². The van der Waals surface area contributed by atoms with Gasteiger partial charge in [0.2, 0.25) is 0 Å². The quantitative estimate of drug-likeness (QED) is 0.264. The van der Waals surface area contributed by atoms with Gasteiger partial charge in [0.15, 0.2) is 12.6 Å². The first-order chi connectivity index (χ1) is 15.3. The lowest BCUT2D eigenvalue weighted by atomic mass is 10.2. The number of hydrogen-bond acceptors (Lipinski definition) is 4. The lowest BCUT2D eigenvalue weighted by Crippen LogP contribution is -2.38. The van der Waals surface area contributed by atoms with Crippen LogP contribution in [0.15, 0.2) is 53.5 Å².